The quantitative estimate of drug-likeness (QED) is 0.918. The molecule has 1 aromatic rings. The molecule has 0 amide bonds. The van der Waals surface area contributed by atoms with Crippen molar-refractivity contribution in [2.24, 2.45) is 0 Å². The Kier molecular flexibility index (Phi) is 5.53. The zero-order valence-corrected chi connectivity index (χ0v) is 12.8. The highest BCUT2D eigenvalue weighted by molar-refractivity contribution is 5.61. The predicted octanol–water partition coefficient (Wildman–Crippen LogP) is 2.67. The van der Waals surface area contributed by atoms with Gasteiger partial charge in [0, 0.05) is 25.2 Å². The minimum atomic E-state index is 0.627. The van der Waals surface area contributed by atoms with E-state index in [1.54, 1.807) is 14.2 Å². The third-order valence-electron chi connectivity index (χ3n) is 4.01. The lowest BCUT2D eigenvalue weighted by atomic mass is 10.1. The average molecular weight is 278 g/mol. The summed E-state index contributed by atoms with van der Waals surface area (Å²) in [5, 5.41) is 3.61. The first-order valence-electron chi connectivity index (χ1n) is 7.48. The maximum Gasteiger partial charge on any atom is 0.145 e. The molecule has 20 heavy (non-hydrogen) atoms. The Labute approximate surface area is 122 Å². The summed E-state index contributed by atoms with van der Waals surface area (Å²) in [6.07, 6.45) is 3.52. The summed E-state index contributed by atoms with van der Waals surface area (Å²) in [6.45, 7) is 5.46. The zero-order valence-electron chi connectivity index (χ0n) is 12.8. The van der Waals surface area contributed by atoms with Crippen LogP contribution in [-0.4, -0.2) is 39.9 Å². The Morgan fingerprint density at radius 3 is 2.80 bits per heavy atom. The van der Waals surface area contributed by atoms with Gasteiger partial charge in [-0.1, -0.05) is 6.92 Å². The molecule has 1 aromatic carbocycles. The van der Waals surface area contributed by atoms with Crippen molar-refractivity contribution in [3.05, 3.63) is 18.2 Å². The molecular formula is C16H26N2O2. The van der Waals surface area contributed by atoms with Crippen molar-refractivity contribution >= 4 is 5.69 Å². The topological polar surface area (TPSA) is 33.7 Å². The van der Waals surface area contributed by atoms with Crippen LogP contribution in [0, 0.1) is 0 Å². The standard InChI is InChI=1S/C16H26N2O2/c1-4-13-8-11-18(10-5-9-17-13)15-7-6-14(19-2)12-16(15)20-3/h6-7,12-13,17H,4-5,8-11H2,1-3H3. The fourth-order valence-corrected chi connectivity index (χ4v) is 2.74. The van der Waals surface area contributed by atoms with Gasteiger partial charge < -0.3 is 19.7 Å². The average Bonchev–Trinajstić information content (AvgIpc) is 2.47. The van der Waals surface area contributed by atoms with E-state index in [0.29, 0.717) is 6.04 Å². The summed E-state index contributed by atoms with van der Waals surface area (Å²) in [5.41, 5.74) is 1.17. The van der Waals surface area contributed by atoms with Crippen LogP contribution in [0.3, 0.4) is 0 Å². The van der Waals surface area contributed by atoms with E-state index in [0.717, 1.165) is 37.6 Å². The van der Waals surface area contributed by atoms with Crippen LogP contribution in [0.2, 0.25) is 0 Å². The van der Waals surface area contributed by atoms with Gasteiger partial charge in [0.25, 0.3) is 0 Å². The summed E-state index contributed by atoms with van der Waals surface area (Å²) < 4.78 is 10.8. The van der Waals surface area contributed by atoms with E-state index >= 15 is 0 Å². The number of hydrogen-bond donors (Lipinski definition) is 1. The minimum absolute atomic E-state index is 0.627. The Balaban J connectivity index is 2.16. The molecular weight excluding hydrogens is 252 g/mol. The number of nitrogens with zero attached hydrogens (tertiary/aromatic N) is 1. The molecule has 0 aliphatic carbocycles. The fourth-order valence-electron chi connectivity index (χ4n) is 2.74. The van der Waals surface area contributed by atoms with E-state index in [-0.39, 0.29) is 0 Å². The van der Waals surface area contributed by atoms with Gasteiger partial charge in [-0.05, 0) is 37.9 Å². The molecule has 1 aliphatic rings. The zero-order chi connectivity index (χ0) is 14.4. The van der Waals surface area contributed by atoms with Crippen molar-refractivity contribution < 1.29 is 9.47 Å². The van der Waals surface area contributed by atoms with Crippen LogP contribution >= 0.6 is 0 Å². The van der Waals surface area contributed by atoms with Crippen LogP contribution in [0.4, 0.5) is 5.69 Å². The monoisotopic (exact) mass is 278 g/mol. The van der Waals surface area contributed by atoms with Gasteiger partial charge in [-0.2, -0.15) is 0 Å². The molecule has 0 radical (unpaired) electrons. The lowest BCUT2D eigenvalue weighted by Gasteiger charge is -2.31. The van der Waals surface area contributed by atoms with E-state index in [9.17, 15) is 0 Å². The van der Waals surface area contributed by atoms with Crippen molar-refractivity contribution in [2.75, 3.05) is 38.8 Å². The van der Waals surface area contributed by atoms with Gasteiger partial charge in [0.2, 0.25) is 0 Å². The van der Waals surface area contributed by atoms with Crippen LogP contribution < -0.4 is 19.7 Å². The number of methoxy groups -OCH3 is 2. The summed E-state index contributed by atoms with van der Waals surface area (Å²) in [4.78, 5) is 2.43. The van der Waals surface area contributed by atoms with Crippen LogP contribution in [0.25, 0.3) is 0 Å². The van der Waals surface area contributed by atoms with E-state index < -0.39 is 0 Å². The third kappa shape index (κ3) is 3.57. The molecule has 4 nitrogen and oxygen atoms in total. The van der Waals surface area contributed by atoms with Crippen molar-refractivity contribution in [1.82, 2.24) is 5.32 Å². The maximum absolute atomic E-state index is 5.53. The maximum atomic E-state index is 5.53. The predicted molar refractivity (Wildman–Crippen MR) is 83.1 cm³/mol. The molecule has 1 unspecified atom stereocenters. The number of hydrogen-bond acceptors (Lipinski definition) is 4. The highest BCUT2D eigenvalue weighted by Crippen LogP contribution is 2.32. The summed E-state index contributed by atoms with van der Waals surface area (Å²) in [5.74, 6) is 1.73. The van der Waals surface area contributed by atoms with Crippen LogP contribution in [0.1, 0.15) is 26.2 Å². The number of rotatable bonds is 4. The number of nitrogens with one attached hydrogen (secondary N) is 1. The van der Waals surface area contributed by atoms with Crippen LogP contribution in [-0.2, 0) is 0 Å². The van der Waals surface area contributed by atoms with Crippen LogP contribution in [0.15, 0.2) is 18.2 Å². The molecule has 2 rings (SSSR count). The number of ether oxygens (including phenoxy) is 2. The summed E-state index contributed by atoms with van der Waals surface area (Å²) >= 11 is 0. The van der Waals surface area contributed by atoms with E-state index in [1.807, 2.05) is 12.1 Å². The van der Waals surface area contributed by atoms with Gasteiger partial charge in [0.1, 0.15) is 11.5 Å². The summed E-state index contributed by atoms with van der Waals surface area (Å²) in [6, 6.07) is 6.70. The second-order valence-electron chi connectivity index (χ2n) is 5.23. The molecule has 1 fully saturated rings. The van der Waals surface area contributed by atoms with Crippen LogP contribution in [0.5, 0.6) is 11.5 Å². The first-order chi connectivity index (χ1) is 9.78. The molecule has 0 bridgehead atoms. The van der Waals surface area contributed by atoms with Crippen molar-refractivity contribution in [3.63, 3.8) is 0 Å². The first-order valence-corrected chi connectivity index (χ1v) is 7.48. The van der Waals surface area contributed by atoms with Gasteiger partial charge in [-0.25, -0.2) is 0 Å². The first kappa shape index (κ1) is 15.0. The van der Waals surface area contributed by atoms with Crippen molar-refractivity contribution in [1.29, 1.82) is 0 Å². The van der Waals surface area contributed by atoms with E-state index in [2.05, 4.69) is 23.2 Å². The number of benzene rings is 1. The molecule has 1 aliphatic heterocycles. The second kappa shape index (κ2) is 7.39. The van der Waals surface area contributed by atoms with E-state index in [4.69, 9.17) is 9.47 Å². The Morgan fingerprint density at radius 1 is 1.25 bits per heavy atom. The largest absolute Gasteiger partial charge is 0.497 e. The van der Waals surface area contributed by atoms with Gasteiger partial charge in [-0.15, -0.1) is 0 Å². The lowest BCUT2D eigenvalue weighted by molar-refractivity contribution is 0.392. The highest BCUT2D eigenvalue weighted by atomic mass is 16.5. The van der Waals surface area contributed by atoms with Crippen molar-refractivity contribution in [3.8, 4) is 11.5 Å². The molecule has 4 heteroatoms. The fraction of sp³-hybridized carbons (Fsp3) is 0.625. The minimum Gasteiger partial charge on any atom is -0.497 e. The van der Waals surface area contributed by atoms with Gasteiger partial charge in [0.15, 0.2) is 0 Å². The normalized spacial score (nSPS) is 20.1. The molecule has 0 aromatic heterocycles. The Morgan fingerprint density at radius 2 is 2.10 bits per heavy atom. The third-order valence-corrected chi connectivity index (χ3v) is 4.01. The van der Waals surface area contributed by atoms with Gasteiger partial charge in [-0.3, -0.25) is 0 Å². The molecule has 112 valence electrons. The molecule has 1 heterocycles. The molecule has 1 atom stereocenters. The van der Waals surface area contributed by atoms with Crippen molar-refractivity contribution in [2.45, 2.75) is 32.2 Å². The smallest absolute Gasteiger partial charge is 0.145 e. The molecule has 1 saturated heterocycles. The Bertz CT molecular complexity index is 423. The molecule has 0 spiro atoms. The molecule has 1 N–H and O–H groups in total. The number of anilines is 1. The SMILES string of the molecule is CCC1CCN(c2ccc(OC)cc2OC)CCCN1. The second-order valence-corrected chi connectivity index (χ2v) is 5.23. The highest BCUT2D eigenvalue weighted by Gasteiger charge is 2.17. The lowest BCUT2D eigenvalue weighted by Crippen LogP contribution is -2.39. The van der Waals surface area contributed by atoms with Gasteiger partial charge in [0.05, 0.1) is 19.9 Å². The van der Waals surface area contributed by atoms with Gasteiger partial charge >= 0.3 is 0 Å². The van der Waals surface area contributed by atoms with E-state index in [1.165, 1.54) is 18.5 Å². The Hall–Kier alpha value is -1.42. The molecule has 0 saturated carbocycles. The summed E-state index contributed by atoms with van der Waals surface area (Å²) in [7, 11) is 3.40.